The van der Waals surface area contributed by atoms with Gasteiger partial charge in [0.1, 0.15) is 0 Å². The summed E-state index contributed by atoms with van der Waals surface area (Å²) < 4.78 is 0. The molecule has 0 saturated heterocycles. The highest BCUT2D eigenvalue weighted by molar-refractivity contribution is 7.13. The summed E-state index contributed by atoms with van der Waals surface area (Å²) in [5.41, 5.74) is 4.58. The topological polar surface area (TPSA) is 74.6 Å². The molecule has 2 rings (SSSR count). The van der Waals surface area contributed by atoms with Crippen LogP contribution in [0.2, 0.25) is 0 Å². The number of thiazole rings is 1. The Kier molecular flexibility index (Phi) is 3.69. The standard InChI is InChI=1S/C12H11N3O2S/c1-8(9-5-3-2-4-6-9)14-15-12-13-10(7-18-12)11(16)17/h2-7H,1H3,(H,13,15)(H,16,17). The first kappa shape index (κ1) is 12.3. The number of carboxylic acids is 1. The summed E-state index contributed by atoms with van der Waals surface area (Å²) in [5.74, 6) is -1.04. The zero-order chi connectivity index (χ0) is 13.0. The Morgan fingerprint density at radius 3 is 2.72 bits per heavy atom. The Morgan fingerprint density at radius 1 is 1.39 bits per heavy atom. The van der Waals surface area contributed by atoms with Gasteiger partial charge in [-0.05, 0) is 12.5 Å². The minimum Gasteiger partial charge on any atom is -0.476 e. The van der Waals surface area contributed by atoms with Gasteiger partial charge >= 0.3 is 5.97 Å². The number of carboxylic acid groups (broad SMARTS) is 1. The van der Waals surface area contributed by atoms with Crippen LogP contribution in [0.15, 0.2) is 40.8 Å². The van der Waals surface area contributed by atoms with E-state index < -0.39 is 5.97 Å². The quantitative estimate of drug-likeness (QED) is 0.655. The Hall–Kier alpha value is -2.21. The number of anilines is 1. The molecule has 92 valence electrons. The predicted octanol–water partition coefficient (Wildman–Crippen LogP) is 2.68. The van der Waals surface area contributed by atoms with E-state index in [1.54, 1.807) is 0 Å². The van der Waals surface area contributed by atoms with Gasteiger partial charge in [-0.2, -0.15) is 5.10 Å². The fourth-order valence-corrected chi connectivity index (χ4v) is 1.93. The second-order valence-corrected chi connectivity index (χ2v) is 4.38. The van der Waals surface area contributed by atoms with Crippen molar-refractivity contribution in [2.45, 2.75) is 6.92 Å². The first-order valence-corrected chi connectivity index (χ1v) is 6.09. The lowest BCUT2D eigenvalue weighted by atomic mass is 10.1. The largest absolute Gasteiger partial charge is 0.476 e. The highest BCUT2D eigenvalue weighted by Gasteiger charge is 2.07. The van der Waals surface area contributed by atoms with E-state index in [-0.39, 0.29) is 5.69 Å². The van der Waals surface area contributed by atoms with Crippen LogP contribution < -0.4 is 5.43 Å². The van der Waals surface area contributed by atoms with Gasteiger partial charge in [0.15, 0.2) is 5.69 Å². The van der Waals surface area contributed by atoms with Crippen LogP contribution in [0.1, 0.15) is 23.0 Å². The molecule has 1 heterocycles. The number of hydrogen-bond acceptors (Lipinski definition) is 5. The second kappa shape index (κ2) is 5.42. The summed E-state index contributed by atoms with van der Waals surface area (Å²) in [6.45, 7) is 1.87. The van der Waals surface area contributed by atoms with Crippen LogP contribution in [0.3, 0.4) is 0 Å². The number of benzene rings is 1. The van der Waals surface area contributed by atoms with Crippen LogP contribution in [0.4, 0.5) is 5.13 Å². The molecule has 1 aromatic carbocycles. The smallest absolute Gasteiger partial charge is 0.355 e. The van der Waals surface area contributed by atoms with Crippen LogP contribution in [-0.2, 0) is 0 Å². The first-order chi connectivity index (χ1) is 8.66. The molecular weight excluding hydrogens is 250 g/mol. The Labute approximate surface area is 108 Å². The molecule has 0 fully saturated rings. The lowest BCUT2D eigenvalue weighted by Crippen LogP contribution is -2.00. The number of hydrogen-bond donors (Lipinski definition) is 2. The molecule has 2 aromatic rings. The Morgan fingerprint density at radius 2 is 2.11 bits per heavy atom. The van der Waals surface area contributed by atoms with E-state index in [0.29, 0.717) is 5.13 Å². The lowest BCUT2D eigenvalue weighted by Gasteiger charge is -2.00. The number of aromatic nitrogens is 1. The lowest BCUT2D eigenvalue weighted by molar-refractivity contribution is 0.0691. The van der Waals surface area contributed by atoms with E-state index in [2.05, 4.69) is 15.5 Å². The van der Waals surface area contributed by atoms with Gasteiger partial charge < -0.3 is 5.11 Å². The molecule has 0 spiro atoms. The summed E-state index contributed by atoms with van der Waals surface area (Å²) >= 11 is 1.20. The van der Waals surface area contributed by atoms with Gasteiger partial charge in [0, 0.05) is 5.38 Å². The molecule has 0 radical (unpaired) electrons. The number of aromatic carboxylic acids is 1. The van der Waals surface area contributed by atoms with Crippen molar-refractivity contribution in [2.75, 3.05) is 5.43 Å². The van der Waals surface area contributed by atoms with Gasteiger partial charge in [-0.25, -0.2) is 9.78 Å². The molecule has 0 aliphatic carbocycles. The van der Waals surface area contributed by atoms with Crippen molar-refractivity contribution in [3.8, 4) is 0 Å². The molecule has 0 unspecified atom stereocenters. The van der Waals surface area contributed by atoms with Crippen molar-refractivity contribution < 1.29 is 9.90 Å². The van der Waals surface area contributed by atoms with Crippen LogP contribution >= 0.6 is 11.3 Å². The van der Waals surface area contributed by atoms with Crippen molar-refractivity contribution >= 4 is 28.1 Å². The molecule has 0 aliphatic rings. The predicted molar refractivity (Wildman–Crippen MR) is 71.3 cm³/mol. The molecule has 18 heavy (non-hydrogen) atoms. The fourth-order valence-electron chi connectivity index (χ4n) is 1.30. The maximum atomic E-state index is 10.7. The van der Waals surface area contributed by atoms with Crippen LogP contribution in [0.25, 0.3) is 0 Å². The monoisotopic (exact) mass is 261 g/mol. The van der Waals surface area contributed by atoms with E-state index in [1.807, 2.05) is 37.3 Å². The summed E-state index contributed by atoms with van der Waals surface area (Å²) in [6.07, 6.45) is 0. The average Bonchev–Trinajstić information content (AvgIpc) is 2.86. The molecule has 0 saturated carbocycles. The number of nitrogens with zero attached hydrogens (tertiary/aromatic N) is 2. The molecule has 2 N–H and O–H groups in total. The van der Waals surface area contributed by atoms with E-state index in [9.17, 15) is 4.79 Å². The highest BCUT2D eigenvalue weighted by Crippen LogP contribution is 2.15. The maximum absolute atomic E-state index is 10.7. The zero-order valence-electron chi connectivity index (χ0n) is 9.62. The Balaban J connectivity index is 2.08. The normalized spacial score (nSPS) is 11.3. The van der Waals surface area contributed by atoms with Crippen molar-refractivity contribution in [2.24, 2.45) is 5.10 Å². The zero-order valence-corrected chi connectivity index (χ0v) is 10.4. The minimum atomic E-state index is -1.04. The number of rotatable bonds is 4. The molecular formula is C12H11N3O2S. The second-order valence-electron chi connectivity index (χ2n) is 3.52. The molecule has 6 heteroatoms. The number of hydrazone groups is 1. The number of nitrogens with one attached hydrogen (secondary N) is 1. The van der Waals surface area contributed by atoms with Crippen molar-refractivity contribution in [1.82, 2.24) is 4.98 Å². The molecule has 0 bridgehead atoms. The van der Waals surface area contributed by atoms with Gasteiger partial charge in [-0.3, -0.25) is 5.43 Å². The van der Waals surface area contributed by atoms with Crippen LogP contribution in [-0.4, -0.2) is 21.8 Å². The van der Waals surface area contributed by atoms with E-state index in [4.69, 9.17) is 5.11 Å². The average molecular weight is 261 g/mol. The third-order valence-electron chi connectivity index (χ3n) is 2.23. The van der Waals surface area contributed by atoms with E-state index in [0.717, 1.165) is 11.3 Å². The van der Waals surface area contributed by atoms with Gasteiger partial charge in [-0.1, -0.05) is 30.3 Å². The first-order valence-electron chi connectivity index (χ1n) is 5.21. The summed E-state index contributed by atoms with van der Waals surface area (Å²) in [4.78, 5) is 14.5. The fraction of sp³-hybridized carbons (Fsp3) is 0.0833. The number of carbonyl (C=O) groups is 1. The minimum absolute atomic E-state index is 0.0232. The molecule has 0 atom stereocenters. The van der Waals surface area contributed by atoms with E-state index in [1.165, 1.54) is 16.7 Å². The SMILES string of the molecule is CC(=NNc1nc(C(=O)O)cs1)c1ccccc1. The highest BCUT2D eigenvalue weighted by atomic mass is 32.1. The summed E-state index contributed by atoms with van der Waals surface area (Å²) in [6, 6.07) is 9.70. The van der Waals surface area contributed by atoms with Crippen molar-refractivity contribution in [3.63, 3.8) is 0 Å². The molecule has 5 nitrogen and oxygen atoms in total. The third kappa shape index (κ3) is 2.92. The van der Waals surface area contributed by atoms with Crippen LogP contribution in [0, 0.1) is 0 Å². The summed E-state index contributed by atoms with van der Waals surface area (Å²) in [7, 11) is 0. The van der Waals surface area contributed by atoms with E-state index >= 15 is 0 Å². The molecule has 1 aromatic heterocycles. The van der Waals surface area contributed by atoms with Crippen LogP contribution in [0.5, 0.6) is 0 Å². The molecule has 0 aliphatic heterocycles. The van der Waals surface area contributed by atoms with Gasteiger partial charge in [0.2, 0.25) is 5.13 Å². The maximum Gasteiger partial charge on any atom is 0.355 e. The Bertz CT molecular complexity index is 578. The van der Waals surface area contributed by atoms with Gasteiger partial charge in [-0.15, -0.1) is 11.3 Å². The van der Waals surface area contributed by atoms with Gasteiger partial charge in [0.25, 0.3) is 0 Å². The third-order valence-corrected chi connectivity index (χ3v) is 2.98. The molecule has 0 amide bonds. The van der Waals surface area contributed by atoms with Gasteiger partial charge in [0.05, 0.1) is 5.71 Å². The summed E-state index contributed by atoms with van der Waals surface area (Å²) in [5, 5.41) is 14.8. The van der Waals surface area contributed by atoms with Crippen molar-refractivity contribution in [3.05, 3.63) is 47.0 Å². The van der Waals surface area contributed by atoms with Crippen molar-refractivity contribution in [1.29, 1.82) is 0 Å².